The Hall–Kier alpha value is -3.86. The van der Waals surface area contributed by atoms with Gasteiger partial charge in [0.25, 0.3) is 11.6 Å². The van der Waals surface area contributed by atoms with Gasteiger partial charge in [0.05, 0.1) is 4.92 Å². The summed E-state index contributed by atoms with van der Waals surface area (Å²) in [6.07, 6.45) is -0.0387. The second-order valence-corrected chi connectivity index (χ2v) is 9.71. The van der Waals surface area contributed by atoms with Crippen LogP contribution in [0, 0.1) is 10.1 Å². The summed E-state index contributed by atoms with van der Waals surface area (Å²) in [5, 5.41) is 28.0. The molecule has 1 aliphatic rings. The number of nitrogens with zero attached hydrogens (tertiary/aromatic N) is 2. The molecule has 12 heteroatoms. The lowest BCUT2D eigenvalue weighted by Crippen LogP contribution is -2.44. The normalized spacial score (nSPS) is 13.9. The molecule has 39 heavy (non-hydrogen) atoms. The zero-order valence-electron chi connectivity index (χ0n) is 20.7. The van der Waals surface area contributed by atoms with Crippen molar-refractivity contribution in [2.24, 2.45) is 0 Å². The first kappa shape index (κ1) is 28.2. The van der Waals surface area contributed by atoms with Crippen LogP contribution in [0.3, 0.4) is 0 Å². The number of ether oxygens (including phenoxy) is 1. The molecule has 10 nitrogen and oxygen atoms in total. The first-order chi connectivity index (χ1) is 18.7. The third-order valence-electron chi connectivity index (χ3n) is 6.32. The van der Waals surface area contributed by atoms with Crippen LogP contribution in [0.4, 0.5) is 11.4 Å². The number of nitro groups is 1. The van der Waals surface area contributed by atoms with Crippen molar-refractivity contribution in [1.82, 2.24) is 10.6 Å². The van der Waals surface area contributed by atoms with Gasteiger partial charge in [0.2, 0.25) is 0 Å². The lowest BCUT2D eigenvalue weighted by atomic mass is 10.0. The molecular formula is C27H26Cl2N4O6. The van der Waals surface area contributed by atoms with Gasteiger partial charge in [-0.1, -0.05) is 41.4 Å². The van der Waals surface area contributed by atoms with Gasteiger partial charge in [0.1, 0.15) is 24.0 Å². The Kier molecular flexibility index (Phi) is 9.23. The van der Waals surface area contributed by atoms with Gasteiger partial charge in [0, 0.05) is 60.0 Å². The summed E-state index contributed by atoms with van der Waals surface area (Å²) in [5.41, 5.74) is 1.34. The fourth-order valence-corrected chi connectivity index (χ4v) is 4.71. The number of rotatable bonds is 10. The molecule has 1 atom stereocenters. The van der Waals surface area contributed by atoms with E-state index in [-0.39, 0.29) is 18.6 Å². The summed E-state index contributed by atoms with van der Waals surface area (Å²) in [5.74, 6) is -1.58. The van der Waals surface area contributed by atoms with E-state index in [0.29, 0.717) is 45.7 Å². The van der Waals surface area contributed by atoms with Gasteiger partial charge in [0.15, 0.2) is 0 Å². The van der Waals surface area contributed by atoms with Gasteiger partial charge >= 0.3 is 5.97 Å². The highest BCUT2D eigenvalue weighted by molar-refractivity contribution is 6.35. The Morgan fingerprint density at radius 2 is 1.74 bits per heavy atom. The van der Waals surface area contributed by atoms with Crippen LogP contribution in [-0.2, 0) is 17.8 Å². The Labute approximate surface area is 234 Å². The minimum absolute atomic E-state index is 0.0387. The number of carboxylic acid groups (broad SMARTS) is 1. The number of anilines is 1. The second kappa shape index (κ2) is 12.8. The number of nitro benzene ring substituents is 1. The lowest BCUT2D eigenvalue weighted by molar-refractivity contribution is -0.385. The molecule has 1 fully saturated rings. The van der Waals surface area contributed by atoms with Crippen molar-refractivity contribution in [2.45, 2.75) is 19.1 Å². The summed E-state index contributed by atoms with van der Waals surface area (Å²) in [7, 11) is 0. The minimum Gasteiger partial charge on any atom is -0.489 e. The molecule has 3 N–H and O–H groups in total. The number of halogens is 2. The molecule has 0 saturated carbocycles. The van der Waals surface area contributed by atoms with Crippen molar-refractivity contribution in [3.8, 4) is 5.75 Å². The second-order valence-electron chi connectivity index (χ2n) is 8.90. The average Bonchev–Trinajstić information content (AvgIpc) is 2.93. The van der Waals surface area contributed by atoms with Gasteiger partial charge in [-0.05, 0) is 42.0 Å². The SMILES string of the molecule is O=C(NC(Cc1ccc(OCc2c(Cl)cccc2Cl)cc1)C(=O)O)c1cc(N2CCNCC2)ccc1[N+](=O)[O-]. The zero-order chi connectivity index (χ0) is 27.9. The van der Waals surface area contributed by atoms with E-state index in [1.54, 1.807) is 48.5 Å². The highest BCUT2D eigenvalue weighted by Gasteiger charge is 2.27. The number of hydrogen-bond acceptors (Lipinski definition) is 7. The Morgan fingerprint density at radius 1 is 1.08 bits per heavy atom. The van der Waals surface area contributed by atoms with E-state index in [0.717, 1.165) is 13.1 Å². The Balaban J connectivity index is 1.45. The number of aliphatic carboxylic acids is 1. The van der Waals surface area contributed by atoms with Crippen molar-refractivity contribution < 1.29 is 24.4 Å². The molecule has 4 rings (SSSR count). The average molecular weight is 573 g/mol. The number of nitrogens with one attached hydrogen (secondary N) is 2. The molecule has 0 spiro atoms. The molecule has 0 bridgehead atoms. The van der Waals surface area contributed by atoms with Crippen LogP contribution in [0.15, 0.2) is 60.7 Å². The number of carboxylic acids is 1. The van der Waals surface area contributed by atoms with Crippen LogP contribution in [0.1, 0.15) is 21.5 Å². The van der Waals surface area contributed by atoms with Crippen LogP contribution in [-0.4, -0.2) is 54.1 Å². The molecule has 3 aromatic rings. The van der Waals surface area contributed by atoms with E-state index >= 15 is 0 Å². The predicted octanol–water partition coefficient (Wildman–Crippen LogP) is 4.32. The monoisotopic (exact) mass is 572 g/mol. The van der Waals surface area contributed by atoms with E-state index in [2.05, 4.69) is 10.6 Å². The molecule has 1 unspecified atom stereocenters. The molecule has 3 aromatic carbocycles. The molecule has 204 valence electrons. The van der Waals surface area contributed by atoms with E-state index in [1.807, 2.05) is 4.90 Å². The van der Waals surface area contributed by atoms with Crippen molar-refractivity contribution in [3.63, 3.8) is 0 Å². The maximum atomic E-state index is 13.1. The fraction of sp³-hybridized carbons (Fsp3) is 0.259. The van der Waals surface area contributed by atoms with Crippen LogP contribution in [0.25, 0.3) is 0 Å². The number of carbonyl (C=O) groups is 2. The summed E-state index contributed by atoms with van der Waals surface area (Å²) in [4.78, 5) is 38.0. The standard InChI is InChI=1S/C27H26Cl2N4O6/c28-22-2-1-3-23(29)21(22)16-39-19-7-4-17(5-8-19)14-24(27(35)36)31-26(34)20-15-18(6-9-25(20)33(37)38)32-12-10-30-11-13-32/h1-9,15,24,30H,10-14,16H2,(H,31,34)(H,35,36). The van der Waals surface area contributed by atoms with Crippen molar-refractivity contribution in [1.29, 1.82) is 0 Å². The maximum Gasteiger partial charge on any atom is 0.326 e. The van der Waals surface area contributed by atoms with Crippen LogP contribution in [0.5, 0.6) is 5.75 Å². The Morgan fingerprint density at radius 3 is 2.36 bits per heavy atom. The van der Waals surface area contributed by atoms with Gasteiger partial charge in [-0.2, -0.15) is 0 Å². The van der Waals surface area contributed by atoms with E-state index in [9.17, 15) is 24.8 Å². The molecule has 1 amide bonds. The van der Waals surface area contributed by atoms with Crippen LogP contribution in [0.2, 0.25) is 10.0 Å². The molecule has 1 saturated heterocycles. The highest BCUT2D eigenvalue weighted by atomic mass is 35.5. The molecule has 0 aliphatic carbocycles. The van der Waals surface area contributed by atoms with Crippen molar-refractivity contribution in [2.75, 3.05) is 31.1 Å². The first-order valence-corrected chi connectivity index (χ1v) is 12.9. The molecule has 1 aliphatic heterocycles. The van der Waals surface area contributed by atoms with Gasteiger partial charge in [-0.25, -0.2) is 4.79 Å². The molecule has 0 aromatic heterocycles. The fourth-order valence-electron chi connectivity index (χ4n) is 4.20. The third-order valence-corrected chi connectivity index (χ3v) is 7.02. The quantitative estimate of drug-likeness (QED) is 0.241. The number of piperazine rings is 1. The molecule has 1 heterocycles. The lowest BCUT2D eigenvalue weighted by Gasteiger charge is -2.29. The third kappa shape index (κ3) is 7.17. The summed E-state index contributed by atoms with van der Waals surface area (Å²) in [6, 6.07) is 14.9. The number of benzene rings is 3. The van der Waals surface area contributed by atoms with Gasteiger partial charge < -0.3 is 25.4 Å². The van der Waals surface area contributed by atoms with E-state index in [1.165, 1.54) is 12.1 Å². The number of carbonyl (C=O) groups excluding carboxylic acids is 1. The largest absolute Gasteiger partial charge is 0.489 e. The van der Waals surface area contributed by atoms with Crippen molar-refractivity contribution >= 4 is 46.5 Å². The first-order valence-electron chi connectivity index (χ1n) is 12.2. The Bertz CT molecular complexity index is 1340. The maximum absolute atomic E-state index is 13.1. The van der Waals surface area contributed by atoms with Crippen LogP contribution >= 0.6 is 23.2 Å². The van der Waals surface area contributed by atoms with Crippen LogP contribution < -0.4 is 20.3 Å². The van der Waals surface area contributed by atoms with Gasteiger partial charge in [-0.15, -0.1) is 0 Å². The van der Waals surface area contributed by atoms with Crippen molar-refractivity contribution in [3.05, 3.63) is 97.5 Å². The zero-order valence-corrected chi connectivity index (χ0v) is 22.2. The minimum atomic E-state index is -1.31. The predicted molar refractivity (Wildman–Crippen MR) is 148 cm³/mol. The van der Waals surface area contributed by atoms with Gasteiger partial charge in [-0.3, -0.25) is 14.9 Å². The topological polar surface area (TPSA) is 134 Å². The molecular weight excluding hydrogens is 547 g/mol. The van der Waals surface area contributed by atoms with E-state index in [4.69, 9.17) is 27.9 Å². The number of hydrogen-bond donors (Lipinski definition) is 3. The molecule has 0 radical (unpaired) electrons. The smallest absolute Gasteiger partial charge is 0.326 e. The van der Waals surface area contributed by atoms with E-state index < -0.39 is 28.5 Å². The highest BCUT2D eigenvalue weighted by Crippen LogP contribution is 2.27. The summed E-state index contributed by atoms with van der Waals surface area (Å²) >= 11 is 12.3. The summed E-state index contributed by atoms with van der Waals surface area (Å²) < 4.78 is 5.75. The summed E-state index contributed by atoms with van der Waals surface area (Å²) in [6.45, 7) is 3.01. The number of amides is 1.